The van der Waals surface area contributed by atoms with E-state index in [9.17, 15) is 10.1 Å². The molecule has 1 aliphatic carbocycles. The van der Waals surface area contributed by atoms with Crippen LogP contribution in [0.4, 0.5) is 5.00 Å². The van der Waals surface area contributed by atoms with Gasteiger partial charge < -0.3 is 5.32 Å². The average Bonchev–Trinajstić information content (AvgIpc) is 2.98. The number of fused-ring (bicyclic) bond motifs is 1. The Bertz CT molecular complexity index is 668. The second-order valence-corrected chi connectivity index (χ2v) is 9.44. The molecule has 144 valence electrons. The standard InChI is InChI=1S/C22H34N2OS/c1-6-9-10-15(7-2)20(25)24-21-18(14-23)17-12-11-16(13-19(17)26-21)22(4,5)8-3/h15-16H,6-13H2,1-5H3,(H,24,25). The lowest BCUT2D eigenvalue weighted by Gasteiger charge is -2.36. The highest BCUT2D eigenvalue weighted by molar-refractivity contribution is 7.16. The molecule has 2 unspecified atom stereocenters. The Hall–Kier alpha value is -1.34. The summed E-state index contributed by atoms with van der Waals surface area (Å²) in [5.74, 6) is 0.788. The van der Waals surface area contributed by atoms with Gasteiger partial charge in [0.25, 0.3) is 0 Å². The highest BCUT2D eigenvalue weighted by Crippen LogP contribution is 2.45. The first-order valence-corrected chi connectivity index (χ1v) is 11.0. The number of carbonyl (C=O) groups excluding carboxylic acids is 1. The minimum Gasteiger partial charge on any atom is -0.316 e. The Kier molecular flexibility index (Phi) is 7.29. The van der Waals surface area contributed by atoms with Crippen molar-refractivity contribution in [3.8, 4) is 6.07 Å². The average molecular weight is 375 g/mol. The van der Waals surface area contributed by atoms with Crippen LogP contribution in [-0.2, 0) is 17.6 Å². The van der Waals surface area contributed by atoms with Gasteiger partial charge in [-0.2, -0.15) is 5.26 Å². The molecule has 0 aromatic carbocycles. The number of thiophene rings is 1. The second-order valence-electron chi connectivity index (χ2n) is 8.34. The van der Waals surface area contributed by atoms with Crippen LogP contribution in [-0.4, -0.2) is 5.91 Å². The Balaban J connectivity index is 2.19. The van der Waals surface area contributed by atoms with E-state index in [0.29, 0.717) is 11.3 Å². The van der Waals surface area contributed by atoms with Gasteiger partial charge in [-0.15, -0.1) is 11.3 Å². The van der Waals surface area contributed by atoms with Gasteiger partial charge in [-0.25, -0.2) is 0 Å². The second kappa shape index (κ2) is 9.04. The molecule has 2 rings (SSSR count). The molecule has 1 N–H and O–H groups in total. The van der Waals surface area contributed by atoms with Crippen molar-refractivity contribution in [1.29, 1.82) is 5.26 Å². The molecule has 26 heavy (non-hydrogen) atoms. The molecule has 0 aliphatic heterocycles. The Morgan fingerprint density at radius 2 is 2.12 bits per heavy atom. The number of rotatable bonds is 8. The molecule has 0 bridgehead atoms. The van der Waals surface area contributed by atoms with Gasteiger partial charge in [0.05, 0.1) is 5.56 Å². The molecule has 3 nitrogen and oxygen atoms in total. The molecule has 0 saturated heterocycles. The summed E-state index contributed by atoms with van der Waals surface area (Å²) in [5.41, 5.74) is 2.24. The molecule has 1 amide bonds. The van der Waals surface area contributed by atoms with Gasteiger partial charge in [0.2, 0.25) is 5.91 Å². The van der Waals surface area contributed by atoms with Crippen LogP contribution in [0.25, 0.3) is 0 Å². The smallest absolute Gasteiger partial charge is 0.228 e. The number of nitriles is 1. The van der Waals surface area contributed by atoms with Crippen molar-refractivity contribution in [2.45, 2.75) is 86.0 Å². The van der Waals surface area contributed by atoms with Gasteiger partial charge in [-0.3, -0.25) is 4.79 Å². The van der Waals surface area contributed by atoms with Gasteiger partial charge in [0, 0.05) is 10.8 Å². The van der Waals surface area contributed by atoms with E-state index in [-0.39, 0.29) is 11.8 Å². The Labute approximate surface area is 163 Å². The van der Waals surface area contributed by atoms with Crippen LogP contribution in [0, 0.1) is 28.6 Å². The Morgan fingerprint density at radius 3 is 2.69 bits per heavy atom. The van der Waals surface area contributed by atoms with Crippen molar-refractivity contribution in [3.63, 3.8) is 0 Å². The summed E-state index contributed by atoms with van der Waals surface area (Å²) in [6.07, 6.45) is 8.28. The zero-order valence-electron chi connectivity index (χ0n) is 17.1. The van der Waals surface area contributed by atoms with E-state index in [4.69, 9.17) is 0 Å². The maximum atomic E-state index is 12.7. The van der Waals surface area contributed by atoms with Crippen molar-refractivity contribution in [2.24, 2.45) is 17.3 Å². The first-order chi connectivity index (χ1) is 12.4. The number of nitrogens with one attached hydrogen (secondary N) is 1. The van der Waals surface area contributed by atoms with E-state index < -0.39 is 0 Å². The van der Waals surface area contributed by atoms with Crippen molar-refractivity contribution in [2.75, 3.05) is 5.32 Å². The summed E-state index contributed by atoms with van der Waals surface area (Å²) in [7, 11) is 0. The first-order valence-electron chi connectivity index (χ1n) is 10.2. The third kappa shape index (κ3) is 4.49. The summed E-state index contributed by atoms with van der Waals surface area (Å²) in [5, 5.41) is 13.6. The van der Waals surface area contributed by atoms with Gasteiger partial charge in [0.15, 0.2) is 0 Å². The fourth-order valence-corrected chi connectivity index (χ4v) is 5.21. The minimum absolute atomic E-state index is 0.0485. The summed E-state index contributed by atoms with van der Waals surface area (Å²) in [4.78, 5) is 14.0. The lowest BCUT2D eigenvalue weighted by atomic mass is 9.69. The molecule has 0 spiro atoms. The van der Waals surface area contributed by atoms with Crippen molar-refractivity contribution >= 4 is 22.2 Å². The van der Waals surface area contributed by atoms with Gasteiger partial charge >= 0.3 is 0 Å². The molecule has 1 aromatic heterocycles. The summed E-state index contributed by atoms with van der Waals surface area (Å²) >= 11 is 1.64. The quantitative estimate of drug-likeness (QED) is 0.579. The fraction of sp³-hybridized carbons (Fsp3) is 0.727. The molecule has 1 heterocycles. The number of anilines is 1. The van der Waals surface area contributed by atoms with Crippen LogP contribution in [0.2, 0.25) is 0 Å². The zero-order valence-corrected chi connectivity index (χ0v) is 17.9. The molecule has 0 fully saturated rings. The molecular weight excluding hydrogens is 340 g/mol. The highest BCUT2D eigenvalue weighted by Gasteiger charge is 2.34. The first kappa shape index (κ1) is 21.0. The predicted octanol–water partition coefficient (Wildman–Crippen LogP) is 6.32. The maximum Gasteiger partial charge on any atom is 0.228 e. The number of hydrogen-bond donors (Lipinski definition) is 1. The number of carbonyl (C=O) groups is 1. The van der Waals surface area contributed by atoms with E-state index in [2.05, 4.69) is 46.0 Å². The summed E-state index contributed by atoms with van der Waals surface area (Å²) in [6, 6.07) is 2.37. The number of nitrogens with zero attached hydrogens (tertiary/aromatic N) is 1. The minimum atomic E-state index is 0.0485. The fourth-order valence-electron chi connectivity index (χ4n) is 3.93. The lowest BCUT2D eigenvalue weighted by Crippen LogP contribution is -2.28. The third-order valence-corrected chi connectivity index (χ3v) is 7.57. The van der Waals surface area contributed by atoms with Crippen LogP contribution in [0.5, 0.6) is 0 Å². The molecular formula is C22H34N2OS. The SMILES string of the molecule is CCCCC(CC)C(=O)Nc1sc2c(c1C#N)CCC(C(C)(C)CC)C2. The van der Waals surface area contributed by atoms with E-state index in [0.717, 1.165) is 55.5 Å². The van der Waals surface area contributed by atoms with E-state index in [1.807, 2.05) is 0 Å². The predicted molar refractivity (Wildman–Crippen MR) is 111 cm³/mol. The van der Waals surface area contributed by atoms with E-state index in [1.54, 1.807) is 11.3 Å². The molecule has 0 saturated carbocycles. The Morgan fingerprint density at radius 1 is 1.38 bits per heavy atom. The van der Waals surface area contributed by atoms with Crippen molar-refractivity contribution < 1.29 is 4.79 Å². The van der Waals surface area contributed by atoms with Gasteiger partial charge in [0.1, 0.15) is 11.1 Å². The molecule has 0 radical (unpaired) electrons. The van der Waals surface area contributed by atoms with E-state index >= 15 is 0 Å². The summed E-state index contributed by atoms with van der Waals surface area (Å²) in [6.45, 7) is 11.2. The van der Waals surface area contributed by atoms with Crippen LogP contribution in [0.15, 0.2) is 0 Å². The topological polar surface area (TPSA) is 52.9 Å². The van der Waals surface area contributed by atoms with Gasteiger partial charge in [-0.05, 0) is 49.0 Å². The molecule has 2 atom stereocenters. The third-order valence-electron chi connectivity index (χ3n) is 6.40. The van der Waals surface area contributed by atoms with Gasteiger partial charge in [-0.1, -0.05) is 53.9 Å². The van der Waals surface area contributed by atoms with E-state index in [1.165, 1.54) is 16.9 Å². The van der Waals surface area contributed by atoms with Crippen LogP contribution < -0.4 is 5.32 Å². The molecule has 4 heteroatoms. The van der Waals surface area contributed by atoms with Crippen molar-refractivity contribution in [3.05, 3.63) is 16.0 Å². The summed E-state index contributed by atoms with van der Waals surface area (Å²) < 4.78 is 0. The largest absolute Gasteiger partial charge is 0.316 e. The lowest BCUT2D eigenvalue weighted by molar-refractivity contribution is -0.120. The van der Waals surface area contributed by atoms with Crippen molar-refractivity contribution in [1.82, 2.24) is 0 Å². The number of hydrogen-bond acceptors (Lipinski definition) is 3. The highest BCUT2D eigenvalue weighted by atomic mass is 32.1. The zero-order chi connectivity index (χ0) is 19.3. The number of amides is 1. The monoisotopic (exact) mass is 374 g/mol. The number of unbranched alkanes of at least 4 members (excludes halogenated alkanes) is 1. The van der Waals surface area contributed by atoms with Crippen LogP contribution in [0.1, 0.15) is 89.1 Å². The van der Waals surface area contributed by atoms with Crippen LogP contribution >= 0.6 is 11.3 Å². The molecule has 1 aliphatic rings. The maximum absolute atomic E-state index is 12.7. The van der Waals surface area contributed by atoms with Crippen LogP contribution in [0.3, 0.4) is 0 Å². The molecule has 1 aromatic rings. The normalized spacial score (nSPS) is 18.1.